The summed E-state index contributed by atoms with van der Waals surface area (Å²) in [6.45, 7) is 20.5. The van der Waals surface area contributed by atoms with Gasteiger partial charge in [0, 0.05) is 26.2 Å². The molecule has 0 radical (unpaired) electrons. The van der Waals surface area contributed by atoms with E-state index in [2.05, 4.69) is 54.9 Å². The fourth-order valence-corrected chi connectivity index (χ4v) is 2.22. The SMILES string of the molecule is C=CCNC(=O)C(C)(C)/N=N/C(C)(C)C(=O)NCC=C.CC(C)(/N=N/C(C)(C)C(=O)NCCO)C(=O)NCCO. The second-order valence-corrected chi connectivity index (χ2v) is 10.6. The van der Waals surface area contributed by atoms with Gasteiger partial charge in [0.25, 0.3) is 0 Å². The predicted octanol–water partition coefficient (Wildman–Crippen LogP) is 0.813. The summed E-state index contributed by atoms with van der Waals surface area (Å²) in [6.07, 6.45) is 3.16. The molecule has 6 N–H and O–H groups in total. The van der Waals surface area contributed by atoms with Crippen molar-refractivity contribution in [3.63, 3.8) is 0 Å². The summed E-state index contributed by atoms with van der Waals surface area (Å²) in [5.41, 5.74) is -4.36. The standard InChI is InChI=1S/C14H24N4O2.C12H24N4O4/c1-7-9-15-11(19)13(3,4)17-18-14(5,6)12(20)16-10-8-2;1-11(2,9(19)13-5-7-17)15-16-12(3,4)10(20)14-6-8-18/h7-8H,1-2,9-10H2,3-6H3,(H,15,19)(H,16,20);17-18H,5-8H2,1-4H3,(H,13,19)(H,14,20)/b18-17+;16-15+. The van der Waals surface area contributed by atoms with Gasteiger partial charge in [-0.2, -0.15) is 20.5 Å². The quantitative estimate of drug-likeness (QED) is 0.117. The molecular formula is C26H48N8O6. The van der Waals surface area contributed by atoms with Crippen molar-refractivity contribution < 1.29 is 29.4 Å². The molecule has 228 valence electrons. The Morgan fingerprint density at radius 3 is 0.975 bits per heavy atom. The minimum Gasteiger partial charge on any atom is -0.395 e. The molecule has 0 saturated carbocycles. The van der Waals surface area contributed by atoms with Crippen molar-refractivity contribution >= 4 is 23.6 Å². The van der Waals surface area contributed by atoms with E-state index in [1.54, 1.807) is 67.5 Å². The Kier molecular flexibility index (Phi) is 17.3. The van der Waals surface area contributed by atoms with Gasteiger partial charge in [0.2, 0.25) is 23.6 Å². The molecule has 0 aliphatic rings. The molecule has 14 heteroatoms. The maximum Gasteiger partial charge on any atom is 0.249 e. The van der Waals surface area contributed by atoms with Crippen molar-refractivity contribution in [2.24, 2.45) is 20.5 Å². The van der Waals surface area contributed by atoms with Crippen molar-refractivity contribution in [3.8, 4) is 0 Å². The molecule has 0 unspecified atom stereocenters. The van der Waals surface area contributed by atoms with E-state index in [1.807, 2.05) is 0 Å². The van der Waals surface area contributed by atoms with E-state index in [0.717, 1.165) is 0 Å². The number of carbonyl (C=O) groups is 4. The van der Waals surface area contributed by atoms with Crippen LogP contribution in [-0.4, -0.2) is 95.4 Å². The lowest BCUT2D eigenvalue weighted by Gasteiger charge is -2.21. The Morgan fingerprint density at radius 1 is 0.550 bits per heavy atom. The van der Waals surface area contributed by atoms with Gasteiger partial charge in [-0.25, -0.2) is 0 Å². The largest absolute Gasteiger partial charge is 0.395 e. The van der Waals surface area contributed by atoms with E-state index in [-0.39, 0.29) is 49.9 Å². The fourth-order valence-electron chi connectivity index (χ4n) is 2.22. The topological polar surface area (TPSA) is 206 Å². The predicted molar refractivity (Wildman–Crippen MR) is 153 cm³/mol. The molecule has 4 amide bonds. The highest BCUT2D eigenvalue weighted by molar-refractivity contribution is 5.87. The number of nitrogens with one attached hydrogen (secondary N) is 4. The second kappa shape index (κ2) is 17.9. The Morgan fingerprint density at radius 2 is 0.775 bits per heavy atom. The number of hydrogen-bond donors (Lipinski definition) is 6. The van der Waals surface area contributed by atoms with Crippen molar-refractivity contribution in [1.82, 2.24) is 21.3 Å². The maximum atomic E-state index is 11.9. The minimum atomic E-state index is -1.14. The number of hydrogen-bond acceptors (Lipinski definition) is 10. The molecule has 0 aliphatic carbocycles. The number of azo groups is 2. The van der Waals surface area contributed by atoms with Gasteiger partial charge < -0.3 is 31.5 Å². The average Bonchev–Trinajstić information content (AvgIpc) is 2.89. The molecule has 0 heterocycles. The van der Waals surface area contributed by atoms with Crippen LogP contribution in [0.1, 0.15) is 55.4 Å². The molecule has 0 bridgehead atoms. The summed E-state index contributed by atoms with van der Waals surface area (Å²) in [7, 11) is 0. The van der Waals surface area contributed by atoms with E-state index in [0.29, 0.717) is 13.1 Å². The maximum absolute atomic E-state index is 11.9. The van der Waals surface area contributed by atoms with Crippen molar-refractivity contribution in [2.75, 3.05) is 39.4 Å². The molecule has 14 nitrogen and oxygen atoms in total. The molecule has 0 spiro atoms. The molecule has 0 rings (SSSR count). The third-order valence-corrected chi connectivity index (χ3v) is 4.93. The van der Waals surface area contributed by atoms with Gasteiger partial charge in [0.15, 0.2) is 22.2 Å². The van der Waals surface area contributed by atoms with Crippen LogP contribution in [-0.2, 0) is 19.2 Å². The Hall–Kier alpha value is -3.52. The van der Waals surface area contributed by atoms with Crippen LogP contribution in [0.3, 0.4) is 0 Å². The van der Waals surface area contributed by atoms with Gasteiger partial charge in [-0.05, 0) is 55.4 Å². The first-order chi connectivity index (χ1) is 18.3. The van der Waals surface area contributed by atoms with Gasteiger partial charge in [0.1, 0.15) is 0 Å². The van der Waals surface area contributed by atoms with Crippen LogP contribution in [0.25, 0.3) is 0 Å². The Balaban J connectivity index is 0. The molecule has 0 saturated heterocycles. The highest BCUT2D eigenvalue weighted by Gasteiger charge is 2.33. The lowest BCUT2D eigenvalue weighted by molar-refractivity contribution is -0.127. The highest BCUT2D eigenvalue weighted by Crippen LogP contribution is 2.17. The Labute approximate surface area is 237 Å². The van der Waals surface area contributed by atoms with Crippen LogP contribution in [0.4, 0.5) is 0 Å². The normalized spacial score (nSPS) is 12.2. The highest BCUT2D eigenvalue weighted by atomic mass is 16.3. The molecule has 0 aliphatic heterocycles. The molecule has 0 atom stereocenters. The minimum absolute atomic E-state index is 0.137. The van der Waals surface area contributed by atoms with Crippen molar-refractivity contribution in [1.29, 1.82) is 0 Å². The molecule has 40 heavy (non-hydrogen) atoms. The number of aliphatic hydroxyl groups is 2. The summed E-state index contributed by atoms with van der Waals surface area (Å²) in [5, 5.41) is 43.4. The average molecular weight is 569 g/mol. The molecule has 0 aromatic rings. The van der Waals surface area contributed by atoms with Gasteiger partial charge in [0.05, 0.1) is 13.2 Å². The van der Waals surface area contributed by atoms with E-state index >= 15 is 0 Å². The number of nitrogens with zero attached hydrogens (tertiary/aromatic N) is 4. The van der Waals surface area contributed by atoms with Gasteiger partial charge in [-0.15, -0.1) is 13.2 Å². The lowest BCUT2D eigenvalue weighted by Crippen LogP contribution is -2.44. The first-order valence-corrected chi connectivity index (χ1v) is 12.8. The zero-order valence-corrected chi connectivity index (χ0v) is 25.1. The molecule has 0 fully saturated rings. The zero-order valence-electron chi connectivity index (χ0n) is 25.1. The summed E-state index contributed by atoms with van der Waals surface area (Å²) >= 11 is 0. The van der Waals surface area contributed by atoms with Crippen molar-refractivity contribution in [3.05, 3.63) is 25.3 Å². The van der Waals surface area contributed by atoms with Gasteiger partial charge in [-0.3, -0.25) is 19.2 Å². The second-order valence-electron chi connectivity index (χ2n) is 10.6. The monoisotopic (exact) mass is 568 g/mol. The zero-order chi connectivity index (χ0) is 31.6. The van der Waals surface area contributed by atoms with Gasteiger partial charge >= 0.3 is 0 Å². The van der Waals surface area contributed by atoms with Crippen molar-refractivity contribution in [2.45, 2.75) is 77.5 Å². The van der Waals surface area contributed by atoms with E-state index in [9.17, 15) is 19.2 Å². The van der Waals surface area contributed by atoms with Crippen LogP contribution in [0.5, 0.6) is 0 Å². The fraction of sp³-hybridized carbons (Fsp3) is 0.692. The molecular weight excluding hydrogens is 520 g/mol. The number of aliphatic hydroxyl groups excluding tert-OH is 2. The smallest absolute Gasteiger partial charge is 0.249 e. The number of carbonyl (C=O) groups excluding carboxylic acids is 4. The van der Waals surface area contributed by atoms with Crippen LogP contribution >= 0.6 is 0 Å². The first kappa shape index (κ1) is 38.6. The van der Waals surface area contributed by atoms with Gasteiger partial charge in [-0.1, -0.05) is 12.2 Å². The van der Waals surface area contributed by atoms with Crippen LogP contribution in [0.15, 0.2) is 45.8 Å². The third-order valence-electron chi connectivity index (χ3n) is 4.93. The summed E-state index contributed by atoms with van der Waals surface area (Å²) in [4.78, 5) is 47.3. The van der Waals surface area contributed by atoms with Crippen LogP contribution < -0.4 is 21.3 Å². The summed E-state index contributed by atoms with van der Waals surface area (Å²) in [6, 6.07) is 0. The Bertz CT molecular complexity index is 854. The third kappa shape index (κ3) is 15.2. The summed E-state index contributed by atoms with van der Waals surface area (Å²) < 4.78 is 0. The number of rotatable bonds is 16. The lowest BCUT2D eigenvalue weighted by atomic mass is 10.0. The van der Waals surface area contributed by atoms with Crippen LogP contribution in [0, 0.1) is 0 Å². The van der Waals surface area contributed by atoms with E-state index in [4.69, 9.17) is 10.2 Å². The molecule has 0 aromatic heterocycles. The summed E-state index contributed by atoms with van der Waals surface area (Å²) in [5.74, 6) is -1.32. The number of amides is 4. The van der Waals surface area contributed by atoms with E-state index in [1.165, 1.54) is 0 Å². The van der Waals surface area contributed by atoms with E-state index < -0.39 is 22.2 Å². The first-order valence-electron chi connectivity index (χ1n) is 12.8. The molecule has 0 aromatic carbocycles. The van der Waals surface area contributed by atoms with Crippen LogP contribution in [0.2, 0.25) is 0 Å².